The molecule has 0 radical (unpaired) electrons. The molecule has 0 heterocycles. The van der Waals surface area contributed by atoms with Crippen LogP contribution < -0.4 is 15.4 Å². The van der Waals surface area contributed by atoms with E-state index in [2.05, 4.69) is 5.32 Å². The number of hydrogen-bond acceptors (Lipinski definition) is 4. The highest BCUT2D eigenvalue weighted by atomic mass is 35.5. The summed E-state index contributed by atoms with van der Waals surface area (Å²) < 4.78 is 5.01. The molecule has 0 aliphatic heterocycles. The molecule has 0 fully saturated rings. The van der Waals surface area contributed by atoms with Crippen molar-refractivity contribution < 1.29 is 29.3 Å². The van der Waals surface area contributed by atoms with Gasteiger partial charge in [0.2, 0.25) is 0 Å². The van der Waals surface area contributed by atoms with E-state index < -0.39 is 30.4 Å². The van der Waals surface area contributed by atoms with Crippen molar-refractivity contribution in [1.29, 1.82) is 0 Å². The van der Waals surface area contributed by atoms with Crippen molar-refractivity contribution in [2.45, 2.75) is 12.5 Å². The van der Waals surface area contributed by atoms with Crippen molar-refractivity contribution in [1.82, 2.24) is 5.32 Å². The lowest BCUT2D eigenvalue weighted by Gasteiger charge is -2.15. The summed E-state index contributed by atoms with van der Waals surface area (Å²) in [6.07, 6.45) is -0.741. The van der Waals surface area contributed by atoms with Gasteiger partial charge in [-0.2, -0.15) is 0 Å². The second kappa shape index (κ2) is 7.34. The number of anilines is 1. The minimum Gasteiger partial charge on any atom is -0.495 e. The third kappa shape index (κ3) is 5.19. The number of carboxylic acids is 2. The number of amides is 2. The van der Waals surface area contributed by atoms with Crippen molar-refractivity contribution in [3.8, 4) is 5.75 Å². The summed E-state index contributed by atoms with van der Waals surface area (Å²) in [5.41, 5.74) is 0.224. The predicted octanol–water partition coefficient (Wildman–Crippen LogP) is 1.40. The maximum Gasteiger partial charge on any atom is 0.326 e. The van der Waals surface area contributed by atoms with E-state index >= 15 is 0 Å². The number of benzene rings is 1. The fourth-order valence-corrected chi connectivity index (χ4v) is 1.64. The molecule has 0 bridgehead atoms. The van der Waals surface area contributed by atoms with E-state index in [9.17, 15) is 14.4 Å². The zero-order chi connectivity index (χ0) is 16.0. The highest BCUT2D eigenvalue weighted by molar-refractivity contribution is 6.31. The predicted molar refractivity (Wildman–Crippen MR) is 73.8 cm³/mol. The Hall–Kier alpha value is -2.48. The number of carbonyl (C=O) groups is 3. The average Bonchev–Trinajstić information content (AvgIpc) is 2.37. The van der Waals surface area contributed by atoms with Crippen molar-refractivity contribution >= 4 is 35.3 Å². The maximum atomic E-state index is 11.7. The van der Waals surface area contributed by atoms with Crippen molar-refractivity contribution in [3.63, 3.8) is 0 Å². The van der Waals surface area contributed by atoms with Crippen LogP contribution in [0.2, 0.25) is 5.02 Å². The Morgan fingerprint density at radius 2 is 2.00 bits per heavy atom. The summed E-state index contributed by atoms with van der Waals surface area (Å²) in [4.78, 5) is 33.1. The number of carbonyl (C=O) groups excluding carboxylic acids is 1. The van der Waals surface area contributed by atoms with Crippen molar-refractivity contribution in [3.05, 3.63) is 23.2 Å². The van der Waals surface area contributed by atoms with Crippen LogP contribution >= 0.6 is 11.6 Å². The van der Waals surface area contributed by atoms with E-state index in [1.807, 2.05) is 5.32 Å². The van der Waals surface area contributed by atoms with Crippen LogP contribution in [0.25, 0.3) is 0 Å². The molecular weight excluding hydrogens is 304 g/mol. The van der Waals surface area contributed by atoms with Gasteiger partial charge in [0.05, 0.1) is 19.2 Å². The van der Waals surface area contributed by atoms with E-state index in [0.717, 1.165) is 0 Å². The first-order chi connectivity index (χ1) is 9.83. The molecular formula is C12H13ClN2O6. The lowest BCUT2D eigenvalue weighted by Crippen LogP contribution is -2.44. The lowest BCUT2D eigenvalue weighted by atomic mass is 10.2. The van der Waals surface area contributed by atoms with Crippen LogP contribution in [0.5, 0.6) is 5.75 Å². The smallest absolute Gasteiger partial charge is 0.326 e. The Kier molecular flexibility index (Phi) is 5.79. The van der Waals surface area contributed by atoms with Crippen LogP contribution in [0.3, 0.4) is 0 Å². The molecule has 1 rings (SSSR count). The van der Waals surface area contributed by atoms with Gasteiger partial charge in [0.15, 0.2) is 0 Å². The summed E-state index contributed by atoms with van der Waals surface area (Å²) in [5.74, 6) is -2.48. The third-order valence-corrected chi connectivity index (χ3v) is 2.63. The van der Waals surface area contributed by atoms with Gasteiger partial charge in [-0.25, -0.2) is 9.59 Å². The minimum absolute atomic E-state index is 0.224. The van der Waals surface area contributed by atoms with Crippen molar-refractivity contribution in [2.75, 3.05) is 12.4 Å². The number of methoxy groups -OCH3 is 1. The molecule has 1 aromatic carbocycles. The molecule has 0 saturated heterocycles. The Balaban J connectivity index is 2.78. The number of aliphatic carboxylic acids is 2. The normalized spacial score (nSPS) is 11.3. The molecule has 1 unspecified atom stereocenters. The average molecular weight is 317 g/mol. The van der Waals surface area contributed by atoms with Gasteiger partial charge in [-0.3, -0.25) is 4.79 Å². The van der Waals surface area contributed by atoms with E-state index in [0.29, 0.717) is 10.8 Å². The summed E-state index contributed by atoms with van der Waals surface area (Å²) in [7, 11) is 1.39. The number of hydrogen-bond donors (Lipinski definition) is 4. The quantitative estimate of drug-likeness (QED) is 0.628. The topological polar surface area (TPSA) is 125 Å². The van der Waals surface area contributed by atoms with Gasteiger partial charge in [-0.1, -0.05) is 11.6 Å². The summed E-state index contributed by atoms with van der Waals surface area (Å²) in [6.45, 7) is 0. The molecule has 9 heteroatoms. The van der Waals surface area contributed by atoms with Gasteiger partial charge in [0, 0.05) is 5.02 Å². The fraction of sp³-hybridized carbons (Fsp3) is 0.250. The van der Waals surface area contributed by atoms with Crippen LogP contribution in [-0.2, 0) is 9.59 Å². The van der Waals surface area contributed by atoms with Crippen LogP contribution in [0.15, 0.2) is 18.2 Å². The standard InChI is InChI=1S/C12H13ClN2O6/c1-21-9-3-2-6(13)4-7(9)14-12(20)15-8(11(18)19)5-10(16)17/h2-4,8H,5H2,1H3,(H,16,17)(H,18,19)(H2,14,15,20). The number of rotatable bonds is 6. The van der Waals surface area contributed by atoms with Gasteiger partial charge < -0.3 is 25.6 Å². The van der Waals surface area contributed by atoms with Gasteiger partial charge in [-0.05, 0) is 18.2 Å². The van der Waals surface area contributed by atoms with Crippen LogP contribution in [-0.4, -0.2) is 41.3 Å². The Bertz CT molecular complexity index is 563. The number of ether oxygens (including phenoxy) is 1. The maximum absolute atomic E-state index is 11.7. The third-order valence-electron chi connectivity index (χ3n) is 2.39. The first-order valence-corrected chi connectivity index (χ1v) is 6.07. The molecule has 8 nitrogen and oxygen atoms in total. The van der Waals surface area contributed by atoms with E-state index in [1.165, 1.54) is 19.2 Å². The molecule has 0 saturated carbocycles. The second-order valence-electron chi connectivity index (χ2n) is 3.93. The second-order valence-corrected chi connectivity index (χ2v) is 4.37. The number of nitrogens with one attached hydrogen (secondary N) is 2. The number of halogens is 1. The van der Waals surface area contributed by atoms with Gasteiger partial charge in [0.25, 0.3) is 0 Å². The van der Waals surface area contributed by atoms with Crippen LogP contribution in [0.4, 0.5) is 10.5 Å². The monoisotopic (exact) mass is 316 g/mol. The van der Waals surface area contributed by atoms with Gasteiger partial charge >= 0.3 is 18.0 Å². The Labute approximate surface area is 124 Å². The lowest BCUT2D eigenvalue weighted by molar-refractivity contribution is -0.145. The number of urea groups is 1. The molecule has 0 aliphatic carbocycles. The highest BCUT2D eigenvalue weighted by Crippen LogP contribution is 2.27. The molecule has 4 N–H and O–H groups in total. The van der Waals surface area contributed by atoms with Crippen LogP contribution in [0.1, 0.15) is 6.42 Å². The molecule has 114 valence electrons. The first-order valence-electron chi connectivity index (χ1n) is 5.69. The SMILES string of the molecule is COc1ccc(Cl)cc1NC(=O)NC(CC(=O)O)C(=O)O. The van der Waals surface area contributed by atoms with Crippen molar-refractivity contribution in [2.24, 2.45) is 0 Å². The minimum atomic E-state index is -1.55. The summed E-state index contributed by atoms with van der Waals surface area (Å²) in [5, 5.41) is 22.1. The molecule has 1 aromatic rings. The molecule has 2 amide bonds. The molecule has 21 heavy (non-hydrogen) atoms. The van der Waals surface area contributed by atoms with E-state index in [4.69, 9.17) is 26.6 Å². The summed E-state index contributed by atoms with van der Waals surface area (Å²) >= 11 is 5.78. The largest absolute Gasteiger partial charge is 0.495 e. The Morgan fingerprint density at radius 1 is 1.33 bits per heavy atom. The zero-order valence-corrected chi connectivity index (χ0v) is 11.7. The highest BCUT2D eigenvalue weighted by Gasteiger charge is 2.23. The van der Waals surface area contributed by atoms with E-state index in [1.54, 1.807) is 6.07 Å². The van der Waals surface area contributed by atoms with Gasteiger partial charge in [0.1, 0.15) is 11.8 Å². The summed E-state index contributed by atoms with van der Waals surface area (Å²) in [6, 6.07) is 2.04. The number of carboxylic acid groups (broad SMARTS) is 2. The fourth-order valence-electron chi connectivity index (χ4n) is 1.47. The molecule has 1 atom stereocenters. The molecule has 0 aromatic heterocycles. The Morgan fingerprint density at radius 3 is 2.52 bits per heavy atom. The van der Waals surface area contributed by atoms with Crippen LogP contribution in [0, 0.1) is 0 Å². The molecule has 0 spiro atoms. The zero-order valence-electron chi connectivity index (χ0n) is 10.9. The first kappa shape index (κ1) is 16.6. The van der Waals surface area contributed by atoms with Gasteiger partial charge in [-0.15, -0.1) is 0 Å². The molecule has 0 aliphatic rings. The van der Waals surface area contributed by atoms with E-state index in [-0.39, 0.29) is 5.69 Å².